The number of aryl methyl sites for hydroxylation is 3. The Kier molecular flexibility index (Phi) is 4.39. The van der Waals surface area contributed by atoms with E-state index in [4.69, 9.17) is 10.5 Å². The lowest BCUT2D eigenvalue weighted by molar-refractivity contribution is 0.337. The predicted molar refractivity (Wildman–Crippen MR) is 79.8 cm³/mol. The molecule has 0 bridgehead atoms. The lowest BCUT2D eigenvalue weighted by Gasteiger charge is -2.10. The van der Waals surface area contributed by atoms with Crippen LogP contribution in [0, 0.1) is 13.8 Å². The van der Waals surface area contributed by atoms with Crippen LogP contribution in [-0.2, 0) is 13.5 Å². The summed E-state index contributed by atoms with van der Waals surface area (Å²) in [6, 6.07) is 4.13. The molecule has 0 atom stereocenters. The van der Waals surface area contributed by atoms with Crippen LogP contribution in [-0.4, -0.2) is 27.9 Å². The Balaban J connectivity index is 2.42. The molecule has 0 unspecified atom stereocenters. The molecule has 0 aliphatic rings. The molecule has 0 saturated carbocycles. The molecule has 1 aromatic carbocycles. The van der Waals surface area contributed by atoms with Gasteiger partial charge in [0.05, 0.1) is 6.61 Å². The van der Waals surface area contributed by atoms with Gasteiger partial charge in [-0.1, -0.05) is 0 Å². The van der Waals surface area contributed by atoms with Crippen molar-refractivity contribution >= 4 is 0 Å². The summed E-state index contributed by atoms with van der Waals surface area (Å²) in [5.41, 5.74) is 8.85. The van der Waals surface area contributed by atoms with Crippen LogP contribution < -0.4 is 10.5 Å². The SMILES string of the molecule is CCOc1cc(C)c(-c2nc(CCN)n(C)n2)cc1C. The Hall–Kier alpha value is -1.88. The molecule has 5 heteroatoms. The minimum atomic E-state index is 0.577. The van der Waals surface area contributed by atoms with Crippen LogP contribution in [0.3, 0.4) is 0 Å². The maximum Gasteiger partial charge on any atom is 0.181 e. The van der Waals surface area contributed by atoms with E-state index in [1.807, 2.05) is 27.0 Å². The molecule has 2 N–H and O–H groups in total. The number of nitrogens with two attached hydrogens (primary N) is 1. The number of ether oxygens (including phenoxy) is 1. The molecule has 2 aromatic rings. The van der Waals surface area contributed by atoms with Gasteiger partial charge in [0.25, 0.3) is 0 Å². The zero-order valence-electron chi connectivity index (χ0n) is 12.6. The zero-order valence-corrected chi connectivity index (χ0v) is 12.6. The topological polar surface area (TPSA) is 66.0 Å². The predicted octanol–water partition coefficient (Wildman–Crippen LogP) is 2.00. The molecule has 108 valence electrons. The van der Waals surface area contributed by atoms with Crippen LogP contribution in [0.1, 0.15) is 23.9 Å². The Bertz CT molecular complexity index is 604. The highest BCUT2D eigenvalue weighted by atomic mass is 16.5. The highest BCUT2D eigenvalue weighted by Crippen LogP contribution is 2.28. The molecule has 20 heavy (non-hydrogen) atoms. The van der Waals surface area contributed by atoms with Crippen molar-refractivity contribution < 1.29 is 4.74 Å². The summed E-state index contributed by atoms with van der Waals surface area (Å²) >= 11 is 0. The zero-order chi connectivity index (χ0) is 14.7. The molecule has 0 spiro atoms. The standard InChI is InChI=1S/C15H22N4O/c1-5-20-13-9-10(2)12(8-11(13)3)15-17-14(6-7-16)19(4)18-15/h8-9H,5-7,16H2,1-4H3. The number of benzene rings is 1. The minimum absolute atomic E-state index is 0.577. The summed E-state index contributed by atoms with van der Waals surface area (Å²) in [6.07, 6.45) is 0.735. The Morgan fingerprint density at radius 3 is 2.65 bits per heavy atom. The first-order valence-electron chi connectivity index (χ1n) is 6.91. The van der Waals surface area contributed by atoms with Gasteiger partial charge >= 0.3 is 0 Å². The molecule has 0 aliphatic heterocycles. The number of rotatable bonds is 5. The fraction of sp³-hybridized carbons (Fsp3) is 0.467. The third-order valence-corrected chi connectivity index (χ3v) is 3.28. The van der Waals surface area contributed by atoms with Crippen molar-refractivity contribution in [1.29, 1.82) is 0 Å². The quantitative estimate of drug-likeness (QED) is 0.905. The number of hydrogen-bond acceptors (Lipinski definition) is 4. The van der Waals surface area contributed by atoms with E-state index < -0.39 is 0 Å². The lowest BCUT2D eigenvalue weighted by atomic mass is 10.0. The highest BCUT2D eigenvalue weighted by molar-refractivity contribution is 5.63. The van der Waals surface area contributed by atoms with E-state index in [-0.39, 0.29) is 0 Å². The average Bonchev–Trinajstić information content (AvgIpc) is 2.76. The van der Waals surface area contributed by atoms with Gasteiger partial charge in [-0.05, 0) is 50.6 Å². The third-order valence-electron chi connectivity index (χ3n) is 3.28. The van der Waals surface area contributed by atoms with E-state index in [1.165, 1.54) is 0 Å². The highest BCUT2D eigenvalue weighted by Gasteiger charge is 2.13. The van der Waals surface area contributed by atoms with Gasteiger partial charge in [-0.15, -0.1) is 0 Å². The van der Waals surface area contributed by atoms with Gasteiger partial charge in [0.2, 0.25) is 0 Å². The van der Waals surface area contributed by atoms with Crippen molar-refractivity contribution in [2.75, 3.05) is 13.2 Å². The van der Waals surface area contributed by atoms with Crippen molar-refractivity contribution in [3.05, 3.63) is 29.1 Å². The van der Waals surface area contributed by atoms with Gasteiger partial charge in [-0.2, -0.15) is 5.10 Å². The first-order chi connectivity index (χ1) is 9.56. The van der Waals surface area contributed by atoms with E-state index in [0.29, 0.717) is 13.2 Å². The molecule has 0 radical (unpaired) electrons. The summed E-state index contributed by atoms with van der Waals surface area (Å²) in [6.45, 7) is 7.32. The van der Waals surface area contributed by atoms with Gasteiger partial charge in [0, 0.05) is 19.0 Å². The van der Waals surface area contributed by atoms with Gasteiger partial charge in [-0.3, -0.25) is 4.68 Å². The Labute approximate surface area is 119 Å². The molecule has 0 fully saturated rings. The van der Waals surface area contributed by atoms with Crippen molar-refractivity contribution in [3.63, 3.8) is 0 Å². The number of hydrogen-bond donors (Lipinski definition) is 1. The van der Waals surface area contributed by atoms with Gasteiger partial charge < -0.3 is 10.5 Å². The normalized spacial score (nSPS) is 10.8. The van der Waals surface area contributed by atoms with E-state index in [9.17, 15) is 0 Å². The average molecular weight is 274 g/mol. The molecular formula is C15H22N4O. The van der Waals surface area contributed by atoms with Crippen molar-refractivity contribution in [3.8, 4) is 17.1 Å². The summed E-state index contributed by atoms with van der Waals surface area (Å²) < 4.78 is 7.41. The maximum absolute atomic E-state index is 5.61. The summed E-state index contributed by atoms with van der Waals surface area (Å²) in [4.78, 5) is 4.58. The van der Waals surface area contributed by atoms with E-state index in [0.717, 1.165) is 40.5 Å². The molecule has 0 aliphatic carbocycles. The van der Waals surface area contributed by atoms with Gasteiger partial charge in [-0.25, -0.2) is 4.98 Å². The second kappa shape index (κ2) is 6.05. The number of nitrogens with zero attached hydrogens (tertiary/aromatic N) is 3. The summed E-state index contributed by atoms with van der Waals surface area (Å²) in [7, 11) is 1.90. The summed E-state index contributed by atoms with van der Waals surface area (Å²) in [5, 5.41) is 4.49. The van der Waals surface area contributed by atoms with Crippen LogP contribution in [0.2, 0.25) is 0 Å². The molecular weight excluding hydrogens is 252 g/mol. The van der Waals surface area contributed by atoms with Crippen molar-refractivity contribution in [1.82, 2.24) is 14.8 Å². The molecule has 0 saturated heterocycles. The van der Waals surface area contributed by atoms with Crippen molar-refractivity contribution in [2.45, 2.75) is 27.2 Å². The first kappa shape index (κ1) is 14.5. The van der Waals surface area contributed by atoms with E-state index >= 15 is 0 Å². The molecule has 1 aromatic heterocycles. The minimum Gasteiger partial charge on any atom is -0.494 e. The van der Waals surface area contributed by atoms with Crippen LogP contribution in [0.15, 0.2) is 12.1 Å². The van der Waals surface area contributed by atoms with Crippen LogP contribution in [0.5, 0.6) is 5.75 Å². The van der Waals surface area contributed by atoms with Crippen LogP contribution in [0.25, 0.3) is 11.4 Å². The fourth-order valence-electron chi connectivity index (χ4n) is 2.22. The molecule has 1 heterocycles. The fourth-order valence-corrected chi connectivity index (χ4v) is 2.22. The molecule has 0 amide bonds. The lowest BCUT2D eigenvalue weighted by Crippen LogP contribution is -2.08. The second-order valence-corrected chi connectivity index (χ2v) is 4.88. The molecule has 2 rings (SSSR count). The second-order valence-electron chi connectivity index (χ2n) is 4.88. The van der Waals surface area contributed by atoms with Crippen LogP contribution in [0.4, 0.5) is 0 Å². The Morgan fingerprint density at radius 2 is 2.00 bits per heavy atom. The number of aromatic nitrogens is 3. The monoisotopic (exact) mass is 274 g/mol. The van der Waals surface area contributed by atoms with Crippen LogP contribution >= 0.6 is 0 Å². The summed E-state index contributed by atoms with van der Waals surface area (Å²) in [5.74, 6) is 2.58. The van der Waals surface area contributed by atoms with Gasteiger partial charge in [0.15, 0.2) is 5.82 Å². The van der Waals surface area contributed by atoms with E-state index in [1.54, 1.807) is 4.68 Å². The first-order valence-corrected chi connectivity index (χ1v) is 6.91. The Morgan fingerprint density at radius 1 is 1.25 bits per heavy atom. The molecule has 5 nitrogen and oxygen atoms in total. The van der Waals surface area contributed by atoms with E-state index in [2.05, 4.69) is 23.1 Å². The smallest absolute Gasteiger partial charge is 0.181 e. The van der Waals surface area contributed by atoms with Gasteiger partial charge in [0.1, 0.15) is 11.6 Å². The largest absolute Gasteiger partial charge is 0.494 e. The maximum atomic E-state index is 5.61. The third kappa shape index (κ3) is 2.82. The van der Waals surface area contributed by atoms with Crippen molar-refractivity contribution in [2.24, 2.45) is 12.8 Å².